The van der Waals surface area contributed by atoms with Gasteiger partial charge in [0, 0.05) is 25.6 Å². The first kappa shape index (κ1) is 18.7. The van der Waals surface area contributed by atoms with Gasteiger partial charge in [-0.05, 0) is 25.2 Å². The maximum atomic E-state index is 11.5. The van der Waals surface area contributed by atoms with Gasteiger partial charge in [-0.15, -0.1) is 12.4 Å². The molecule has 0 heterocycles. The van der Waals surface area contributed by atoms with Crippen molar-refractivity contribution in [1.82, 2.24) is 10.6 Å². The van der Waals surface area contributed by atoms with Crippen LogP contribution in [0.3, 0.4) is 0 Å². The number of hydrogen-bond acceptors (Lipinski definition) is 2. The first-order valence-electron chi connectivity index (χ1n) is 7.68. The topological polar surface area (TPSA) is 41.1 Å². The Morgan fingerprint density at radius 2 is 1.74 bits per heavy atom. The molecule has 1 saturated carbocycles. The molecule has 0 spiro atoms. The Hall–Kier alpha value is -0.280. The smallest absolute Gasteiger partial charge is 0.220 e. The highest BCUT2D eigenvalue weighted by Crippen LogP contribution is 2.16. The van der Waals surface area contributed by atoms with Crippen LogP contribution in [0.1, 0.15) is 65.2 Å². The SMILES string of the molecule is CC(C)CCC(=O)NCCNC1CCCCCC1.Cl. The number of hydrogen-bond donors (Lipinski definition) is 2. The predicted octanol–water partition coefficient (Wildman–Crippen LogP) is 3.27. The quantitative estimate of drug-likeness (QED) is 0.558. The average molecular weight is 291 g/mol. The van der Waals surface area contributed by atoms with Crippen LogP contribution < -0.4 is 10.6 Å². The molecule has 0 aromatic rings. The summed E-state index contributed by atoms with van der Waals surface area (Å²) >= 11 is 0. The fourth-order valence-corrected chi connectivity index (χ4v) is 2.47. The van der Waals surface area contributed by atoms with Gasteiger partial charge in [0.2, 0.25) is 5.91 Å². The highest BCUT2D eigenvalue weighted by molar-refractivity contribution is 5.85. The van der Waals surface area contributed by atoms with E-state index in [1.165, 1.54) is 38.5 Å². The summed E-state index contributed by atoms with van der Waals surface area (Å²) in [6.45, 7) is 5.99. The van der Waals surface area contributed by atoms with Gasteiger partial charge in [0.05, 0.1) is 0 Å². The highest BCUT2D eigenvalue weighted by atomic mass is 35.5. The van der Waals surface area contributed by atoms with E-state index in [1.807, 2.05) is 0 Å². The zero-order valence-electron chi connectivity index (χ0n) is 12.5. The molecule has 1 rings (SSSR count). The second kappa shape index (κ2) is 11.5. The van der Waals surface area contributed by atoms with Crippen molar-refractivity contribution in [3.05, 3.63) is 0 Å². The van der Waals surface area contributed by atoms with Gasteiger partial charge in [-0.1, -0.05) is 39.5 Å². The van der Waals surface area contributed by atoms with Crippen LogP contribution in [-0.2, 0) is 4.79 Å². The summed E-state index contributed by atoms with van der Waals surface area (Å²) in [7, 11) is 0. The number of carbonyl (C=O) groups is 1. The van der Waals surface area contributed by atoms with Gasteiger partial charge in [0.15, 0.2) is 0 Å². The van der Waals surface area contributed by atoms with Crippen LogP contribution in [0.4, 0.5) is 0 Å². The highest BCUT2D eigenvalue weighted by Gasteiger charge is 2.10. The fraction of sp³-hybridized carbons (Fsp3) is 0.933. The Kier molecular flexibility index (Phi) is 11.4. The van der Waals surface area contributed by atoms with Crippen LogP contribution in [0.25, 0.3) is 0 Å². The first-order chi connectivity index (χ1) is 8.68. The van der Waals surface area contributed by atoms with Crippen molar-refractivity contribution < 1.29 is 4.79 Å². The van der Waals surface area contributed by atoms with Gasteiger partial charge in [-0.2, -0.15) is 0 Å². The lowest BCUT2D eigenvalue weighted by Gasteiger charge is -2.16. The van der Waals surface area contributed by atoms with Gasteiger partial charge < -0.3 is 10.6 Å². The van der Waals surface area contributed by atoms with Crippen molar-refractivity contribution in [2.45, 2.75) is 71.3 Å². The summed E-state index contributed by atoms with van der Waals surface area (Å²) < 4.78 is 0. The van der Waals surface area contributed by atoms with Crippen molar-refractivity contribution in [2.24, 2.45) is 5.92 Å². The van der Waals surface area contributed by atoms with E-state index in [2.05, 4.69) is 24.5 Å². The lowest BCUT2D eigenvalue weighted by molar-refractivity contribution is -0.121. The van der Waals surface area contributed by atoms with Crippen LogP contribution in [0, 0.1) is 5.92 Å². The Morgan fingerprint density at radius 1 is 1.11 bits per heavy atom. The minimum absolute atomic E-state index is 0. The van der Waals surface area contributed by atoms with Crippen LogP contribution >= 0.6 is 12.4 Å². The maximum Gasteiger partial charge on any atom is 0.220 e. The van der Waals surface area contributed by atoms with Crippen molar-refractivity contribution in [1.29, 1.82) is 0 Å². The zero-order chi connectivity index (χ0) is 13.2. The molecule has 19 heavy (non-hydrogen) atoms. The second-order valence-corrected chi connectivity index (χ2v) is 5.93. The van der Waals surface area contributed by atoms with E-state index in [9.17, 15) is 4.79 Å². The van der Waals surface area contributed by atoms with Crippen molar-refractivity contribution in [3.63, 3.8) is 0 Å². The molecule has 0 atom stereocenters. The second-order valence-electron chi connectivity index (χ2n) is 5.93. The van der Waals surface area contributed by atoms with E-state index in [-0.39, 0.29) is 18.3 Å². The molecule has 3 nitrogen and oxygen atoms in total. The molecule has 0 aliphatic heterocycles. The average Bonchev–Trinajstić information content (AvgIpc) is 2.60. The van der Waals surface area contributed by atoms with Crippen molar-refractivity contribution >= 4 is 18.3 Å². The zero-order valence-corrected chi connectivity index (χ0v) is 13.4. The van der Waals surface area contributed by atoms with E-state index in [4.69, 9.17) is 0 Å². The molecule has 2 N–H and O–H groups in total. The van der Waals surface area contributed by atoms with E-state index in [0.717, 1.165) is 19.5 Å². The van der Waals surface area contributed by atoms with Gasteiger partial charge in [0.1, 0.15) is 0 Å². The number of nitrogens with one attached hydrogen (secondary N) is 2. The van der Waals surface area contributed by atoms with Crippen molar-refractivity contribution in [3.8, 4) is 0 Å². The Bertz CT molecular complexity index is 226. The Balaban J connectivity index is 0.00000324. The Labute approximate surface area is 124 Å². The van der Waals surface area contributed by atoms with Gasteiger partial charge >= 0.3 is 0 Å². The van der Waals surface area contributed by atoms with Crippen LogP contribution in [0.2, 0.25) is 0 Å². The molecule has 0 radical (unpaired) electrons. The third kappa shape index (κ3) is 10.2. The monoisotopic (exact) mass is 290 g/mol. The predicted molar refractivity (Wildman–Crippen MR) is 83.8 cm³/mol. The Morgan fingerprint density at radius 3 is 2.32 bits per heavy atom. The third-order valence-corrected chi connectivity index (χ3v) is 3.68. The lowest BCUT2D eigenvalue weighted by atomic mass is 10.1. The molecule has 0 saturated heterocycles. The van der Waals surface area contributed by atoms with Crippen molar-refractivity contribution in [2.75, 3.05) is 13.1 Å². The van der Waals surface area contributed by atoms with Gasteiger partial charge in [-0.25, -0.2) is 0 Å². The van der Waals surface area contributed by atoms with Gasteiger partial charge in [-0.3, -0.25) is 4.79 Å². The number of carbonyl (C=O) groups excluding carboxylic acids is 1. The fourth-order valence-electron chi connectivity index (χ4n) is 2.47. The third-order valence-electron chi connectivity index (χ3n) is 3.68. The molecule has 1 fully saturated rings. The lowest BCUT2D eigenvalue weighted by Crippen LogP contribution is -2.36. The summed E-state index contributed by atoms with van der Waals surface area (Å²) in [6.07, 6.45) is 9.77. The normalized spacial score (nSPS) is 16.8. The van der Waals surface area contributed by atoms with Crippen LogP contribution in [0.15, 0.2) is 0 Å². The summed E-state index contributed by atoms with van der Waals surface area (Å²) in [5, 5.41) is 6.56. The number of halogens is 1. The van der Waals surface area contributed by atoms with E-state index < -0.39 is 0 Å². The molecule has 114 valence electrons. The van der Waals surface area contributed by atoms with E-state index in [1.54, 1.807) is 0 Å². The van der Waals surface area contributed by atoms with E-state index >= 15 is 0 Å². The van der Waals surface area contributed by atoms with Gasteiger partial charge in [0.25, 0.3) is 0 Å². The molecular formula is C15H31ClN2O. The summed E-state index contributed by atoms with van der Waals surface area (Å²) in [5.74, 6) is 0.811. The molecule has 1 amide bonds. The molecule has 0 unspecified atom stereocenters. The minimum atomic E-state index is 0. The number of amides is 1. The standard InChI is InChI=1S/C15H30N2O.ClH/c1-13(2)9-10-15(18)17-12-11-16-14-7-5-3-4-6-8-14;/h13-14,16H,3-12H2,1-2H3,(H,17,18);1H. The van der Waals surface area contributed by atoms with Crippen LogP contribution in [0.5, 0.6) is 0 Å². The maximum absolute atomic E-state index is 11.5. The summed E-state index contributed by atoms with van der Waals surface area (Å²) in [6, 6.07) is 0.681. The number of rotatable bonds is 7. The molecule has 0 aromatic heterocycles. The molecule has 0 aromatic carbocycles. The minimum Gasteiger partial charge on any atom is -0.355 e. The molecular weight excluding hydrogens is 260 g/mol. The molecule has 0 bridgehead atoms. The summed E-state index contributed by atoms with van der Waals surface area (Å²) in [5.41, 5.74) is 0. The molecule has 1 aliphatic rings. The summed E-state index contributed by atoms with van der Waals surface area (Å²) in [4.78, 5) is 11.5. The first-order valence-corrected chi connectivity index (χ1v) is 7.68. The van der Waals surface area contributed by atoms with Crippen LogP contribution in [-0.4, -0.2) is 25.0 Å². The molecule has 1 aliphatic carbocycles. The van der Waals surface area contributed by atoms with E-state index in [0.29, 0.717) is 18.4 Å². The molecule has 4 heteroatoms. The largest absolute Gasteiger partial charge is 0.355 e.